The Kier molecular flexibility index (Phi) is 5.84. The lowest BCUT2D eigenvalue weighted by molar-refractivity contribution is -0.119. The second-order valence-corrected chi connectivity index (χ2v) is 5.77. The Morgan fingerprint density at radius 2 is 1.63 bits per heavy atom. The molecule has 3 rings (SSSR count). The molecule has 5 nitrogen and oxygen atoms in total. The van der Waals surface area contributed by atoms with Gasteiger partial charge < -0.3 is 14.8 Å². The van der Waals surface area contributed by atoms with Crippen molar-refractivity contribution < 1.29 is 19.1 Å². The van der Waals surface area contributed by atoms with E-state index in [0.717, 1.165) is 11.1 Å². The van der Waals surface area contributed by atoms with Gasteiger partial charge in [0.1, 0.15) is 5.75 Å². The summed E-state index contributed by atoms with van der Waals surface area (Å²) >= 11 is 0. The van der Waals surface area contributed by atoms with Crippen LogP contribution in [0.1, 0.15) is 10.4 Å². The smallest absolute Gasteiger partial charge is 0.339 e. The van der Waals surface area contributed by atoms with E-state index >= 15 is 0 Å². The van der Waals surface area contributed by atoms with Crippen molar-refractivity contribution in [3.63, 3.8) is 0 Å². The van der Waals surface area contributed by atoms with E-state index < -0.39 is 11.9 Å². The Morgan fingerprint density at radius 3 is 2.41 bits per heavy atom. The number of methoxy groups -OCH3 is 1. The third-order valence-electron chi connectivity index (χ3n) is 3.92. The van der Waals surface area contributed by atoms with Gasteiger partial charge in [0.15, 0.2) is 6.61 Å². The zero-order chi connectivity index (χ0) is 19.1. The van der Waals surface area contributed by atoms with E-state index in [4.69, 9.17) is 9.47 Å². The molecule has 27 heavy (non-hydrogen) atoms. The summed E-state index contributed by atoms with van der Waals surface area (Å²) in [4.78, 5) is 24.5. The summed E-state index contributed by atoms with van der Waals surface area (Å²) in [7, 11) is 1.55. The maximum Gasteiger partial charge on any atom is 0.339 e. The van der Waals surface area contributed by atoms with Crippen molar-refractivity contribution in [1.29, 1.82) is 0 Å². The predicted molar refractivity (Wildman–Crippen MR) is 104 cm³/mol. The Labute approximate surface area is 157 Å². The minimum Gasteiger partial charge on any atom is -0.497 e. The first-order chi connectivity index (χ1) is 13.2. The minimum absolute atomic E-state index is 0.376. The quantitative estimate of drug-likeness (QED) is 0.670. The van der Waals surface area contributed by atoms with Gasteiger partial charge in [0, 0.05) is 11.8 Å². The van der Waals surface area contributed by atoms with Crippen molar-refractivity contribution >= 4 is 17.6 Å². The van der Waals surface area contributed by atoms with Crippen molar-refractivity contribution in [3.05, 3.63) is 84.4 Å². The van der Waals surface area contributed by atoms with E-state index in [1.165, 1.54) is 0 Å². The van der Waals surface area contributed by atoms with E-state index in [1.54, 1.807) is 43.5 Å². The number of benzene rings is 3. The van der Waals surface area contributed by atoms with Gasteiger partial charge >= 0.3 is 5.97 Å². The molecule has 3 aromatic carbocycles. The number of rotatable bonds is 6. The molecule has 0 aliphatic heterocycles. The van der Waals surface area contributed by atoms with Crippen LogP contribution in [0.5, 0.6) is 5.75 Å². The Morgan fingerprint density at radius 1 is 0.889 bits per heavy atom. The SMILES string of the molecule is COc1cccc(NC(=O)COC(=O)c2ccccc2-c2ccccc2)c1. The molecule has 3 aromatic rings. The van der Waals surface area contributed by atoms with Crippen LogP contribution < -0.4 is 10.1 Å². The maximum absolute atomic E-state index is 12.5. The second-order valence-electron chi connectivity index (χ2n) is 5.77. The normalized spacial score (nSPS) is 10.1. The zero-order valence-corrected chi connectivity index (χ0v) is 14.8. The number of ether oxygens (including phenoxy) is 2. The summed E-state index contributed by atoms with van der Waals surface area (Å²) in [6, 6.07) is 23.7. The fraction of sp³-hybridized carbons (Fsp3) is 0.0909. The van der Waals surface area contributed by atoms with Crippen LogP contribution in [0, 0.1) is 0 Å². The fourth-order valence-electron chi connectivity index (χ4n) is 2.64. The van der Waals surface area contributed by atoms with Crippen LogP contribution in [0.15, 0.2) is 78.9 Å². The summed E-state index contributed by atoms with van der Waals surface area (Å²) in [6.07, 6.45) is 0. The number of carbonyl (C=O) groups excluding carboxylic acids is 2. The highest BCUT2D eigenvalue weighted by atomic mass is 16.5. The number of carbonyl (C=O) groups is 2. The average molecular weight is 361 g/mol. The molecule has 1 amide bonds. The molecule has 0 atom stereocenters. The molecule has 0 fully saturated rings. The van der Waals surface area contributed by atoms with E-state index in [1.807, 2.05) is 42.5 Å². The van der Waals surface area contributed by atoms with Crippen LogP contribution in [0.3, 0.4) is 0 Å². The van der Waals surface area contributed by atoms with Gasteiger partial charge in [0.05, 0.1) is 12.7 Å². The molecule has 0 saturated heterocycles. The molecule has 0 unspecified atom stereocenters. The van der Waals surface area contributed by atoms with Gasteiger partial charge in [-0.1, -0.05) is 54.6 Å². The molecule has 136 valence electrons. The lowest BCUT2D eigenvalue weighted by atomic mass is 10.00. The van der Waals surface area contributed by atoms with Gasteiger partial charge in [-0.05, 0) is 29.3 Å². The largest absolute Gasteiger partial charge is 0.497 e. The van der Waals surface area contributed by atoms with Gasteiger partial charge in [-0.2, -0.15) is 0 Å². The van der Waals surface area contributed by atoms with Crippen LogP contribution >= 0.6 is 0 Å². The van der Waals surface area contributed by atoms with Crippen molar-refractivity contribution in [1.82, 2.24) is 0 Å². The number of nitrogens with one attached hydrogen (secondary N) is 1. The van der Waals surface area contributed by atoms with Crippen LogP contribution in [0.2, 0.25) is 0 Å². The molecule has 0 saturated carbocycles. The van der Waals surface area contributed by atoms with Crippen molar-refractivity contribution in [2.24, 2.45) is 0 Å². The molecular weight excluding hydrogens is 342 g/mol. The predicted octanol–water partition coefficient (Wildman–Crippen LogP) is 4.16. The number of hydrogen-bond acceptors (Lipinski definition) is 4. The minimum atomic E-state index is -0.546. The molecule has 0 aliphatic rings. The average Bonchev–Trinajstić information content (AvgIpc) is 2.73. The van der Waals surface area contributed by atoms with Crippen molar-refractivity contribution in [2.45, 2.75) is 0 Å². The zero-order valence-electron chi connectivity index (χ0n) is 14.8. The van der Waals surface area contributed by atoms with Gasteiger partial charge in [0.25, 0.3) is 5.91 Å². The summed E-state index contributed by atoms with van der Waals surface area (Å²) in [5, 5.41) is 2.67. The monoisotopic (exact) mass is 361 g/mol. The molecule has 0 heterocycles. The first-order valence-corrected chi connectivity index (χ1v) is 8.43. The van der Waals surface area contributed by atoms with Gasteiger partial charge in [0.2, 0.25) is 0 Å². The van der Waals surface area contributed by atoms with Crippen LogP contribution in [0.25, 0.3) is 11.1 Å². The standard InChI is InChI=1S/C22H19NO4/c1-26-18-11-7-10-17(14-18)23-21(24)15-27-22(25)20-13-6-5-12-19(20)16-8-3-2-4-9-16/h2-14H,15H2,1H3,(H,23,24). The van der Waals surface area contributed by atoms with Crippen LogP contribution in [-0.2, 0) is 9.53 Å². The van der Waals surface area contributed by atoms with Crippen molar-refractivity contribution in [2.75, 3.05) is 19.0 Å². The molecule has 5 heteroatoms. The third-order valence-corrected chi connectivity index (χ3v) is 3.92. The third kappa shape index (κ3) is 4.73. The highest BCUT2D eigenvalue weighted by Gasteiger charge is 2.15. The number of amides is 1. The Balaban J connectivity index is 1.65. The number of anilines is 1. The van der Waals surface area contributed by atoms with E-state index in [0.29, 0.717) is 17.0 Å². The van der Waals surface area contributed by atoms with Crippen LogP contribution in [-0.4, -0.2) is 25.6 Å². The number of hydrogen-bond donors (Lipinski definition) is 1. The molecule has 1 N–H and O–H groups in total. The van der Waals surface area contributed by atoms with Crippen molar-refractivity contribution in [3.8, 4) is 16.9 Å². The van der Waals surface area contributed by atoms with E-state index in [2.05, 4.69) is 5.32 Å². The fourth-order valence-corrected chi connectivity index (χ4v) is 2.64. The molecular formula is C22H19NO4. The second kappa shape index (κ2) is 8.67. The lowest BCUT2D eigenvalue weighted by Crippen LogP contribution is -2.21. The molecule has 0 aliphatic carbocycles. The van der Waals surface area contributed by atoms with Crippen LogP contribution in [0.4, 0.5) is 5.69 Å². The highest BCUT2D eigenvalue weighted by molar-refractivity contribution is 5.99. The Hall–Kier alpha value is -3.60. The van der Waals surface area contributed by atoms with E-state index in [9.17, 15) is 9.59 Å². The molecule has 0 radical (unpaired) electrons. The van der Waals surface area contributed by atoms with Gasteiger partial charge in [-0.25, -0.2) is 4.79 Å². The van der Waals surface area contributed by atoms with E-state index in [-0.39, 0.29) is 6.61 Å². The Bertz CT molecular complexity index is 938. The number of esters is 1. The molecule has 0 spiro atoms. The van der Waals surface area contributed by atoms with Gasteiger partial charge in [-0.15, -0.1) is 0 Å². The molecule has 0 aromatic heterocycles. The lowest BCUT2D eigenvalue weighted by Gasteiger charge is -2.10. The first-order valence-electron chi connectivity index (χ1n) is 8.43. The summed E-state index contributed by atoms with van der Waals surface area (Å²) in [6.45, 7) is -0.376. The maximum atomic E-state index is 12.5. The summed E-state index contributed by atoms with van der Waals surface area (Å²) in [5.74, 6) is -0.342. The molecule has 0 bridgehead atoms. The summed E-state index contributed by atoms with van der Waals surface area (Å²) < 4.78 is 10.3. The topological polar surface area (TPSA) is 64.6 Å². The van der Waals surface area contributed by atoms with Gasteiger partial charge in [-0.3, -0.25) is 4.79 Å². The first kappa shape index (κ1) is 18.2. The summed E-state index contributed by atoms with van der Waals surface area (Å²) in [5.41, 5.74) is 2.65. The highest BCUT2D eigenvalue weighted by Crippen LogP contribution is 2.24.